The molecule has 2 aromatic rings. The lowest BCUT2D eigenvalue weighted by Gasteiger charge is -2.17. The van der Waals surface area contributed by atoms with Crippen molar-refractivity contribution >= 4 is 17.4 Å². The fourth-order valence-corrected chi connectivity index (χ4v) is 3.24. The molecule has 0 saturated heterocycles. The van der Waals surface area contributed by atoms with Crippen molar-refractivity contribution < 1.29 is 9.53 Å². The minimum Gasteiger partial charge on any atom is -0.475 e. The molecule has 0 aromatic carbocycles. The summed E-state index contributed by atoms with van der Waals surface area (Å²) in [5, 5.41) is 8.85. The zero-order valence-corrected chi connectivity index (χ0v) is 14.7. The molecule has 0 radical (unpaired) electrons. The molecule has 0 unspecified atom stereocenters. The smallest absolute Gasteiger partial charge is 0.315 e. The molecule has 1 saturated carbocycles. The predicted octanol–water partition coefficient (Wildman–Crippen LogP) is 3.28. The van der Waals surface area contributed by atoms with Gasteiger partial charge in [-0.15, -0.1) is 11.3 Å². The van der Waals surface area contributed by atoms with E-state index in [1.54, 1.807) is 23.7 Å². The number of nitrogens with one attached hydrogen (secondary N) is 2. The number of carbonyl (C=O) groups is 1. The van der Waals surface area contributed by atoms with Crippen molar-refractivity contribution in [2.45, 2.75) is 45.4 Å². The fourth-order valence-electron chi connectivity index (χ4n) is 2.45. The van der Waals surface area contributed by atoms with Crippen molar-refractivity contribution in [3.05, 3.63) is 40.5 Å². The third kappa shape index (κ3) is 4.44. The molecule has 2 N–H and O–H groups in total. The molecule has 0 bridgehead atoms. The second-order valence-corrected chi connectivity index (χ2v) is 7.07. The Labute approximate surface area is 145 Å². The van der Waals surface area contributed by atoms with Crippen LogP contribution >= 0.6 is 11.3 Å². The average molecular weight is 346 g/mol. The van der Waals surface area contributed by atoms with Gasteiger partial charge in [0.25, 0.3) is 0 Å². The Kier molecular flexibility index (Phi) is 5.30. The summed E-state index contributed by atoms with van der Waals surface area (Å²) in [4.78, 5) is 20.9. The van der Waals surface area contributed by atoms with Gasteiger partial charge < -0.3 is 15.4 Å². The van der Waals surface area contributed by atoms with Crippen LogP contribution in [0.5, 0.6) is 5.88 Å². The largest absolute Gasteiger partial charge is 0.475 e. The van der Waals surface area contributed by atoms with Crippen LogP contribution in [0.25, 0.3) is 0 Å². The number of nitrogens with zero attached hydrogens (tertiary/aromatic N) is 2. The van der Waals surface area contributed by atoms with Crippen molar-refractivity contribution in [2.24, 2.45) is 5.92 Å². The lowest BCUT2D eigenvalue weighted by Crippen LogP contribution is -2.38. The van der Waals surface area contributed by atoms with Crippen molar-refractivity contribution in [2.75, 3.05) is 0 Å². The number of hydrogen-bond donors (Lipinski definition) is 2. The van der Waals surface area contributed by atoms with Gasteiger partial charge in [-0.1, -0.05) is 6.07 Å². The van der Waals surface area contributed by atoms with E-state index in [1.807, 2.05) is 31.4 Å². The molecule has 1 aliphatic carbocycles. The third-order valence-corrected chi connectivity index (χ3v) is 4.59. The summed E-state index contributed by atoms with van der Waals surface area (Å²) in [6, 6.07) is 3.56. The molecular weight excluding hydrogens is 324 g/mol. The summed E-state index contributed by atoms with van der Waals surface area (Å²) in [5.74, 6) is 1.06. The van der Waals surface area contributed by atoms with Crippen LogP contribution in [0.2, 0.25) is 0 Å². The quantitative estimate of drug-likeness (QED) is 0.807. The molecule has 6 nitrogen and oxygen atoms in total. The lowest BCUT2D eigenvalue weighted by atomic mass is 10.2. The molecular formula is C17H22N4O2S. The first-order chi connectivity index (χ1) is 11.6. The number of thiazole rings is 1. The topological polar surface area (TPSA) is 76.1 Å². The maximum atomic E-state index is 12.3. The van der Waals surface area contributed by atoms with Crippen LogP contribution in [0.4, 0.5) is 4.79 Å². The molecule has 7 heteroatoms. The zero-order valence-electron chi connectivity index (χ0n) is 13.9. The van der Waals surface area contributed by atoms with Gasteiger partial charge >= 0.3 is 6.03 Å². The predicted molar refractivity (Wildman–Crippen MR) is 93.0 cm³/mol. The van der Waals surface area contributed by atoms with E-state index >= 15 is 0 Å². The molecule has 2 amide bonds. The van der Waals surface area contributed by atoms with Crippen LogP contribution in [-0.4, -0.2) is 22.1 Å². The monoisotopic (exact) mass is 346 g/mol. The highest BCUT2D eigenvalue weighted by Gasteiger charge is 2.34. The van der Waals surface area contributed by atoms with Crippen molar-refractivity contribution in [1.29, 1.82) is 0 Å². The van der Waals surface area contributed by atoms with E-state index in [-0.39, 0.29) is 18.2 Å². The van der Waals surface area contributed by atoms with Gasteiger partial charge in [-0.2, -0.15) is 0 Å². The van der Waals surface area contributed by atoms with Crippen LogP contribution in [0.1, 0.15) is 43.3 Å². The highest BCUT2D eigenvalue weighted by molar-refractivity contribution is 7.09. The van der Waals surface area contributed by atoms with E-state index in [0.717, 1.165) is 23.4 Å². The van der Waals surface area contributed by atoms with Gasteiger partial charge in [0.15, 0.2) is 0 Å². The van der Waals surface area contributed by atoms with E-state index in [0.29, 0.717) is 18.3 Å². The molecule has 0 spiro atoms. The first-order valence-electron chi connectivity index (χ1n) is 8.18. The number of urea groups is 1. The van der Waals surface area contributed by atoms with E-state index in [1.165, 1.54) is 0 Å². The summed E-state index contributed by atoms with van der Waals surface area (Å²) in [6.07, 6.45) is 5.78. The van der Waals surface area contributed by atoms with Crippen LogP contribution in [0.15, 0.2) is 29.9 Å². The van der Waals surface area contributed by atoms with Crippen molar-refractivity contribution in [1.82, 2.24) is 20.6 Å². The molecule has 128 valence electrons. The number of ether oxygens (including phenoxy) is 1. The van der Waals surface area contributed by atoms with Gasteiger partial charge in [0, 0.05) is 29.9 Å². The van der Waals surface area contributed by atoms with E-state index in [4.69, 9.17) is 4.74 Å². The van der Waals surface area contributed by atoms with E-state index in [2.05, 4.69) is 20.6 Å². The normalized spacial score (nSPS) is 15.1. The Morgan fingerprint density at radius 3 is 2.88 bits per heavy atom. The minimum absolute atomic E-state index is 0.00489. The zero-order chi connectivity index (χ0) is 16.9. The summed E-state index contributed by atoms with van der Waals surface area (Å²) in [6.45, 7) is 4.27. The van der Waals surface area contributed by atoms with Crippen molar-refractivity contribution in [3.8, 4) is 5.88 Å². The van der Waals surface area contributed by atoms with Crippen LogP contribution in [0, 0.1) is 5.92 Å². The molecule has 2 aromatic heterocycles. The number of hydrogen-bond acceptors (Lipinski definition) is 5. The van der Waals surface area contributed by atoms with E-state index in [9.17, 15) is 4.79 Å². The Balaban J connectivity index is 1.57. The minimum atomic E-state index is -0.193. The SMILES string of the molecule is CC(C)Oc1ncccc1CNC(=O)N[C@@H](c1nccs1)C1CC1. The van der Waals surface area contributed by atoms with Gasteiger partial charge in [0.05, 0.1) is 12.1 Å². The molecule has 1 fully saturated rings. The first-order valence-corrected chi connectivity index (χ1v) is 9.05. The highest BCUT2D eigenvalue weighted by Crippen LogP contribution is 2.41. The number of pyridine rings is 1. The van der Waals surface area contributed by atoms with Gasteiger partial charge in [-0.25, -0.2) is 14.8 Å². The molecule has 24 heavy (non-hydrogen) atoms. The Bertz CT molecular complexity index is 671. The second-order valence-electron chi connectivity index (χ2n) is 6.15. The molecule has 0 aliphatic heterocycles. The number of carbonyl (C=O) groups excluding carboxylic acids is 1. The number of rotatable bonds is 7. The summed E-state index contributed by atoms with van der Waals surface area (Å²) in [7, 11) is 0. The average Bonchev–Trinajstić information content (AvgIpc) is 3.25. The molecule has 1 atom stereocenters. The van der Waals surface area contributed by atoms with Crippen molar-refractivity contribution in [3.63, 3.8) is 0 Å². The lowest BCUT2D eigenvalue weighted by molar-refractivity contribution is 0.227. The van der Waals surface area contributed by atoms with Crippen LogP contribution in [-0.2, 0) is 6.54 Å². The maximum Gasteiger partial charge on any atom is 0.315 e. The summed E-state index contributed by atoms with van der Waals surface area (Å²) < 4.78 is 5.67. The standard InChI is InChI=1S/C17H22N4O2S/c1-11(2)23-15-13(4-3-7-18-15)10-20-17(22)21-14(12-5-6-12)16-19-8-9-24-16/h3-4,7-9,11-12,14H,5-6,10H2,1-2H3,(H2,20,21,22)/t14-/m1/s1. The number of amides is 2. The molecule has 2 heterocycles. The van der Waals surface area contributed by atoms with Gasteiger partial charge in [0.1, 0.15) is 5.01 Å². The third-order valence-electron chi connectivity index (χ3n) is 3.73. The van der Waals surface area contributed by atoms with Crippen LogP contribution < -0.4 is 15.4 Å². The molecule has 3 rings (SSSR count). The maximum absolute atomic E-state index is 12.3. The first kappa shape index (κ1) is 16.7. The van der Waals surface area contributed by atoms with Gasteiger partial charge in [-0.05, 0) is 38.7 Å². The summed E-state index contributed by atoms with van der Waals surface area (Å²) >= 11 is 1.58. The van der Waals surface area contributed by atoms with Gasteiger partial charge in [0.2, 0.25) is 5.88 Å². The Morgan fingerprint density at radius 1 is 1.38 bits per heavy atom. The fraction of sp³-hybridized carbons (Fsp3) is 0.471. The van der Waals surface area contributed by atoms with Gasteiger partial charge in [-0.3, -0.25) is 0 Å². The Morgan fingerprint density at radius 2 is 2.21 bits per heavy atom. The second kappa shape index (κ2) is 7.61. The number of aromatic nitrogens is 2. The Hall–Kier alpha value is -2.15. The highest BCUT2D eigenvalue weighted by atomic mass is 32.1. The summed E-state index contributed by atoms with van der Waals surface area (Å²) in [5.41, 5.74) is 0.860. The molecule has 1 aliphatic rings. The van der Waals surface area contributed by atoms with Crippen LogP contribution in [0.3, 0.4) is 0 Å². The van der Waals surface area contributed by atoms with E-state index < -0.39 is 0 Å².